The molecule has 0 unspecified atom stereocenters. The average Bonchev–Trinajstić information content (AvgIpc) is 3.00. The Labute approximate surface area is 128 Å². The fourth-order valence-corrected chi connectivity index (χ4v) is 4.69. The molecule has 0 radical (unpaired) electrons. The zero-order chi connectivity index (χ0) is 14.5. The number of carbonyl (C=O) groups is 1. The molecule has 1 atom stereocenters. The summed E-state index contributed by atoms with van der Waals surface area (Å²) in [4.78, 5) is 13.5. The number of benzene rings is 1. The molecule has 1 aliphatic rings. The summed E-state index contributed by atoms with van der Waals surface area (Å²) in [5.41, 5.74) is 2.05. The van der Waals surface area contributed by atoms with Gasteiger partial charge in [-0.2, -0.15) is 0 Å². The molecule has 0 aromatic heterocycles. The molecule has 20 heavy (non-hydrogen) atoms. The van der Waals surface area contributed by atoms with Crippen molar-refractivity contribution in [3.8, 4) is 0 Å². The fraction of sp³-hybridized carbons (Fsp3) is 0.500. The Morgan fingerprint density at radius 1 is 1.50 bits per heavy atom. The summed E-state index contributed by atoms with van der Waals surface area (Å²) in [5.74, 6) is 2.37. The van der Waals surface area contributed by atoms with Gasteiger partial charge in [0.25, 0.3) is 0 Å². The van der Waals surface area contributed by atoms with E-state index in [0.29, 0.717) is 4.58 Å². The van der Waals surface area contributed by atoms with E-state index in [1.54, 1.807) is 7.05 Å². The molecule has 4 nitrogen and oxygen atoms in total. The maximum absolute atomic E-state index is 12.0. The number of hydrogen-bond donors (Lipinski definition) is 2. The van der Waals surface area contributed by atoms with Gasteiger partial charge in [0.2, 0.25) is 0 Å². The van der Waals surface area contributed by atoms with Crippen LogP contribution in [0, 0.1) is 0 Å². The van der Waals surface area contributed by atoms with Gasteiger partial charge >= 0.3 is 6.03 Å². The monoisotopic (exact) mass is 312 g/mol. The molecule has 1 fully saturated rings. The topological polar surface area (TPSA) is 52.6 Å². The van der Waals surface area contributed by atoms with Gasteiger partial charge in [0.15, 0.2) is 0 Å². The van der Waals surface area contributed by atoms with Gasteiger partial charge in [-0.25, -0.2) is 4.79 Å². The first kappa shape index (κ1) is 15.5. The van der Waals surface area contributed by atoms with Crippen molar-refractivity contribution >= 4 is 35.2 Å². The zero-order valence-corrected chi connectivity index (χ0v) is 13.3. The number of urea groups is 1. The molecular weight excluding hydrogens is 292 g/mol. The molecule has 0 spiro atoms. The van der Waals surface area contributed by atoms with Crippen molar-refractivity contribution in [2.75, 3.05) is 30.5 Å². The highest BCUT2D eigenvalue weighted by Gasteiger charge is 2.19. The van der Waals surface area contributed by atoms with Crippen LogP contribution < -0.4 is 5.32 Å². The summed E-state index contributed by atoms with van der Waals surface area (Å²) in [6.45, 7) is 1.77. The molecule has 1 saturated heterocycles. The Morgan fingerprint density at radius 3 is 2.85 bits per heavy atom. The summed E-state index contributed by atoms with van der Waals surface area (Å²) in [6.07, 6.45) is 0. The van der Waals surface area contributed by atoms with E-state index in [0.717, 1.165) is 5.69 Å². The van der Waals surface area contributed by atoms with Crippen molar-refractivity contribution < 1.29 is 9.90 Å². The normalized spacial score (nSPS) is 16.9. The van der Waals surface area contributed by atoms with Gasteiger partial charge in [-0.05, 0) is 24.6 Å². The second kappa shape index (κ2) is 7.24. The molecule has 6 heteroatoms. The number of carbonyl (C=O) groups excluding carboxylic acids is 1. The van der Waals surface area contributed by atoms with Crippen molar-refractivity contribution in [3.05, 3.63) is 29.8 Å². The number of amides is 2. The Balaban J connectivity index is 2.02. The van der Waals surface area contributed by atoms with Crippen molar-refractivity contribution in [2.24, 2.45) is 0 Å². The summed E-state index contributed by atoms with van der Waals surface area (Å²) < 4.78 is 0.473. The van der Waals surface area contributed by atoms with E-state index in [9.17, 15) is 4.79 Å². The van der Waals surface area contributed by atoms with Crippen LogP contribution in [-0.4, -0.2) is 47.2 Å². The number of aliphatic hydroxyl groups is 1. The number of nitrogens with zero attached hydrogens (tertiary/aromatic N) is 1. The highest BCUT2D eigenvalue weighted by Crippen LogP contribution is 2.45. The molecule has 0 aliphatic carbocycles. The fourth-order valence-electron chi connectivity index (χ4n) is 1.85. The van der Waals surface area contributed by atoms with Crippen LogP contribution in [0.2, 0.25) is 0 Å². The van der Waals surface area contributed by atoms with E-state index in [4.69, 9.17) is 5.11 Å². The van der Waals surface area contributed by atoms with Crippen LogP contribution in [0.15, 0.2) is 24.3 Å². The maximum atomic E-state index is 12.0. The minimum absolute atomic E-state index is 0.0423. The SMILES string of the molecule is C[C@@H](CO)N(C)C(=O)Nc1cccc(C2SCCS2)c1. The number of aliphatic hydroxyl groups excluding tert-OH is 1. The highest BCUT2D eigenvalue weighted by molar-refractivity contribution is 8.19. The number of anilines is 1. The Hall–Kier alpha value is -0.850. The second-order valence-corrected chi connectivity index (χ2v) is 7.50. The first-order valence-electron chi connectivity index (χ1n) is 6.59. The van der Waals surface area contributed by atoms with Gasteiger partial charge in [-0.3, -0.25) is 0 Å². The van der Waals surface area contributed by atoms with E-state index in [-0.39, 0.29) is 18.7 Å². The molecule has 110 valence electrons. The van der Waals surface area contributed by atoms with Gasteiger partial charge in [-0.1, -0.05) is 12.1 Å². The van der Waals surface area contributed by atoms with Crippen LogP contribution in [0.1, 0.15) is 17.1 Å². The van der Waals surface area contributed by atoms with E-state index in [2.05, 4.69) is 11.4 Å². The first-order valence-corrected chi connectivity index (χ1v) is 8.69. The van der Waals surface area contributed by atoms with Crippen LogP contribution in [0.5, 0.6) is 0 Å². The standard InChI is InChI=1S/C14H20N2O2S2/c1-10(9-17)16(2)14(18)15-12-5-3-4-11(8-12)13-19-6-7-20-13/h3-5,8,10,13,17H,6-7,9H2,1-2H3,(H,15,18)/t10-/m0/s1. The molecule has 0 saturated carbocycles. The lowest BCUT2D eigenvalue weighted by Crippen LogP contribution is -2.40. The first-order chi connectivity index (χ1) is 9.61. The largest absolute Gasteiger partial charge is 0.394 e. The minimum atomic E-state index is -0.199. The third-order valence-electron chi connectivity index (χ3n) is 3.28. The summed E-state index contributed by atoms with van der Waals surface area (Å²) >= 11 is 3.89. The number of thioether (sulfide) groups is 2. The van der Waals surface area contributed by atoms with Crippen molar-refractivity contribution in [2.45, 2.75) is 17.5 Å². The summed E-state index contributed by atoms with van der Waals surface area (Å²) in [7, 11) is 1.68. The van der Waals surface area contributed by atoms with Crippen LogP contribution in [0.25, 0.3) is 0 Å². The average molecular weight is 312 g/mol. The molecule has 1 aromatic rings. The van der Waals surface area contributed by atoms with Gasteiger partial charge in [0, 0.05) is 24.2 Å². The zero-order valence-electron chi connectivity index (χ0n) is 11.7. The summed E-state index contributed by atoms with van der Waals surface area (Å²) in [6, 6.07) is 7.61. The van der Waals surface area contributed by atoms with Crippen LogP contribution in [0.4, 0.5) is 10.5 Å². The quantitative estimate of drug-likeness (QED) is 0.897. The van der Waals surface area contributed by atoms with Crippen LogP contribution in [-0.2, 0) is 0 Å². The molecular formula is C14H20N2O2S2. The molecule has 0 bridgehead atoms. The van der Waals surface area contributed by atoms with E-state index < -0.39 is 0 Å². The van der Waals surface area contributed by atoms with Crippen molar-refractivity contribution in [1.29, 1.82) is 0 Å². The molecule has 2 rings (SSSR count). The number of hydrogen-bond acceptors (Lipinski definition) is 4. The smallest absolute Gasteiger partial charge is 0.321 e. The van der Waals surface area contributed by atoms with Gasteiger partial charge < -0.3 is 15.3 Å². The van der Waals surface area contributed by atoms with E-state index >= 15 is 0 Å². The maximum Gasteiger partial charge on any atom is 0.321 e. The second-order valence-electron chi connectivity index (χ2n) is 4.77. The Bertz CT molecular complexity index is 464. The molecule has 2 amide bonds. The number of rotatable bonds is 4. The summed E-state index contributed by atoms with van der Waals surface area (Å²) in [5, 5.41) is 12.0. The molecule has 1 heterocycles. The molecule has 1 aromatic carbocycles. The van der Waals surface area contributed by atoms with E-state index in [1.807, 2.05) is 48.6 Å². The van der Waals surface area contributed by atoms with Crippen molar-refractivity contribution in [3.63, 3.8) is 0 Å². The lowest BCUT2D eigenvalue weighted by Gasteiger charge is -2.23. The van der Waals surface area contributed by atoms with Crippen LogP contribution in [0.3, 0.4) is 0 Å². The number of nitrogens with one attached hydrogen (secondary N) is 1. The predicted octanol–water partition coefficient (Wildman–Crippen LogP) is 3.01. The number of likely N-dealkylation sites (N-methyl/N-ethyl adjacent to an activating group) is 1. The van der Waals surface area contributed by atoms with Gasteiger partial charge in [-0.15, -0.1) is 23.5 Å². The third kappa shape index (κ3) is 3.84. The Kier molecular flexibility index (Phi) is 5.63. The van der Waals surface area contributed by atoms with E-state index in [1.165, 1.54) is 22.0 Å². The van der Waals surface area contributed by atoms with Gasteiger partial charge in [0.05, 0.1) is 17.2 Å². The van der Waals surface area contributed by atoms with Gasteiger partial charge in [0.1, 0.15) is 0 Å². The lowest BCUT2D eigenvalue weighted by atomic mass is 10.2. The predicted molar refractivity (Wildman–Crippen MR) is 87.4 cm³/mol. The van der Waals surface area contributed by atoms with Crippen molar-refractivity contribution in [1.82, 2.24) is 4.90 Å². The minimum Gasteiger partial charge on any atom is -0.394 e. The Morgan fingerprint density at radius 2 is 2.20 bits per heavy atom. The molecule has 1 aliphatic heterocycles. The highest BCUT2D eigenvalue weighted by atomic mass is 32.2. The third-order valence-corrected chi connectivity index (χ3v) is 6.38. The lowest BCUT2D eigenvalue weighted by molar-refractivity contribution is 0.166. The van der Waals surface area contributed by atoms with Crippen LogP contribution >= 0.6 is 23.5 Å². The molecule has 2 N–H and O–H groups in total.